The van der Waals surface area contributed by atoms with Crippen LogP contribution in [-0.4, -0.2) is 10.2 Å². The molecule has 0 aliphatic carbocycles. The molecule has 1 heterocycles. The number of aromatic nitrogens is 2. The van der Waals surface area contributed by atoms with E-state index in [9.17, 15) is 17.6 Å². The molecule has 0 bridgehead atoms. The molecule has 0 saturated carbocycles. The van der Waals surface area contributed by atoms with E-state index in [1.807, 2.05) is 0 Å². The van der Waals surface area contributed by atoms with E-state index in [0.717, 1.165) is 18.5 Å². The third kappa shape index (κ3) is 2.61. The molecule has 0 atom stereocenters. The minimum atomic E-state index is -4.71. The van der Waals surface area contributed by atoms with Crippen molar-refractivity contribution >= 4 is 0 Å². The van der Waals surface area contributed by atoms with Gasteiger partial charge in [-0.2, -0.15) is 13.2 Å². The number of hydrogen-bond acceptors (Lipinski definition) is 3. The molecule has 1 aromatic heterocycles. The van der Waals surface area contributed by atoms with E-state index >= 15 is 0 Å². The largest absolute Gasteiger partial charge is 0.428 e. The van der Waals surface area contributed by atoms with Gasteiger partial charge in [0.2, 0.25) is 12.3 Å². The molecule has 0 radical (unpaired) electrons. The van der Waals surface area contributed by atoms with Crippen molar-refractivity contribution in [3.8, 4) is 0 Å². The molecule has 2 aromatic rings. The lowest BCUT2D eigenvalue weighted by Crippen LogP contribution is -2.08. The van der Waals surface area contributed by atoms with Crippen molar-refractivity contribution in [2.45, 2.75) is 12.6 Å². The van der Waals surface area contributed by atoms with Gasteiger partial charge >= 0.3 is 6.18 Å². The molecule has 0 unspecified atom stereocenters. The van der Waals surface area contributed by atoms with Gasteiger partial charge in [0, 0.05) is 0 Å². The number of alkyl halides is 3. The third-order valence-electron chi connectivity index (χ3n) is 2.10. The number of rotatable bonds is 2. The molecule has 0 spiro atoms. The van der Waals surface area contributed by atoms with Gasteiger partial charge in [-0.25, -0.2) is 4.39 Å². The van der Waals surface area contributed by atoms with Crippen LogP contribution in [0.1, 0.15) is 17.0 Å². The van der Waals surface area contributed by atoms with E-state index in [0.29, 0.717) is 0 Å². The van der Waals surface area contributed by atoms with Crippen LogP contribution in [0, 0.1) is 5.82 Å². The van der Waals surface area contributed by atoms with E-state index < -0.39 is 17.6 Å². The van der Waals surface area contributed by atoms with Gasteiger partial charge in [0.25, 0.3) is 0 Å². The summed E-state index contributed by atoms with van der Waals surface area (Å²) in [6.07, 6.45) is -3.61. The van der Waals surface area contributed by atoms with Gasteiger partial charge in [-0.15, -0.1) is 10.2 Å². The smallest absolute Gasteiger partial charge is 0.419 e. The van der Waals surface area contributed by atoms with E-state index in [4.69, 9.17) is 4.42 Å². The van der Waals surface area contributed by atoms with E-state index in [-0.39, 0.29) is 17.9 Å². The summed E-state index contributed by atoms with van der Waals surface area (Å²) in [4.78, 5) is 0. The van der Waals surface area contributed by atoms with Crippen LogP contribution in [0.5, 0.6) is 0 Å². The number of halogens is 4. The highest BCUT2D eigenvalue weighted by Gasteiger charge is 2.34. The van der Waals surface area contributed by atoms with Crippen LogP contribution in [0.25, 0.3) is 0 Å². The number of benzene rings is 1. The van der Waals surface area contributed by atoms with Crippen molar-refractivity contribution in [2.24, 2.45) is 0 Å². The van der Waals surface area contributed by atoms with Crippen molar-refractivity contribution in [3.05, 3.63) is 47.4 Å². The van der Waals surface area contributed by atoms with Gasteiger partial charge in [-0.1, -0.05) is 6.07 Å². The minimum Gasteiger partial charge on any atom is -0.428 e. The first-order chi connectivity index (χ1) is 7.97. The summed E-state index contributed by atoms with van der Waals surface area (Å²) >= 11 is 0. The lowest BCUT2D eigenvalue weighted by Gasteiger charge is -2.09. The maximum absolute atomic E-state index is 13.0. The zero-order valence-electron chi connectivity index (χ0n) is 8.33. The Morgan fingerprint density at radius 1 is 1.24 bits per heavy atom. The molecule has 1 aromatic carbocycles. The van der Waals surface area contributed by atoms with E-state index in [1.54, 1.807) is 0 Å². The second-order valence-corrected chi connectivity index (χ2v) is 3.32. The standard InChI is InChI=1S/C10H6F4N2O/c11-8-2-1-6(3-7(8)10(12,13)14)4-9-16-15-5-17-9/h1-3,5H,4H2. The fourth-order valence-electron chi connectivity index (χ4n) is 1.35. The molecule has 2 rings (SSSR count). The lowest BCUT2D eigenvalue weighted by molar-refractivity contribution is -0.140. The van der Waals surface area contributed by atoms with Gasteiger partial charge in [-0.05, 0) is 17.7 Å². The van der Waals surface area contributed by atoms with Crippen molar-refractivity contribution in [1.29, 1.82) is 0 Å². The first-order valence-corrected chi connectivity index (χ1v) is 4.57. The number of hydrogen-bond donors (Lipinski definition) is 0. The lowest BCUT2D eigenvalue weighted by atomic mass is 10.1. The predicted molar refractivity (Wildman–Crippen MR) is 48.5 cm³/mol. The highest BCUT2D eigenvalue weighted by Crippen LogP contribution is 2.32. The second kappa shape index (κ2) is 4.15. The first-order valence-electron chi connectivity index (χ1n) is 4.57. The van der Waals surface area contributed by atoms with Crippen LogP contribution in [0.3, 0.4) is 0 Å². The molecule has 0 saturated heterocycles. The zero-order chi connectivity index (χ0) is 12.5. The van der Waals surface area contributed by atoms with E-state index in [2.05, 4.69) is 10.2 Å². The SMILES string of the molecule is Fc1ccc(Cc2nnco2)cc1C(F)(F)F. The number of nitrogens with zero attached hydrogens (tertiary/aromatic N) is 2. The third-order valence-corrected chi connectivity index (χ3v) is 2.10. The second-order valence-electron chi connectivity index (χ2n) is 3.32. The first kappa shape index (κ1) is 11.6. The Kier molecular flexibility index (Phi) is 2.83. The van der Waals surface area contributed by atoms with Crippen LogP contribution >= 0.6 is 0 Å². The van der Waals surface area contributed by atoms with Crippen LogP contribution < -0.4 is 0 Å². The highest BCUT2D eigenvalue weighted by molar-refractivity contribution is 5.28. The Balaban J connectivity index is 2.31. The Hall–Kier alpha value is -1.92. The summed E-state index contributed by atoms with van der Waals surface area (Å²) < 4.78 is 55.0. The van der Waals surface area contributed by atoms with Crippen molar-refractivity contribution in [1.82, 2.24) is 10.2 Å². The quantitative estimate of drug-likeness (QED) is 0.765. The maximum atomic E-state index is 13.0. The van der Waals surface area contributed by atoms with Crippen LogP contribution in [-0.2, 0) is 12.6 Å². The molecule has 0 aliphatic rings. The molecule has 90 valence electrons. The summed E-state index contributed by atoms with van der Waals surface area (Å²) in [7, 11) is 0. The van der Waals surface area contributed by atoms with Crippen LogP contribution in [0.15, 0.2) is 29.0 Å². The average molecular weight is 246 g/mol. The average Bonchev–Trinajstić information content (AvgIpc) is 2.72. The monoisotopic (exact) mass is 246 g/mol. The van der Waals surface area contributed by atoms with Crippen molar-refractivity contribution < 1.29 is 22.0 Å². The minimum absolute atomic E-state index is 0.0311. The Morgan fingerprint density at radius 3 is 2.59 bits per heavy atom. The topological polar surface area (TPSA) is 38.9 Å². The zero-order valence-corrected chi connectivity index (χ0v) is 8.33. The highest BCUT2D eigenvalue weighted by atomic mass is 19.4. The molecule has 7 heteroatoms. The van der Waals surface area contributed by atoms with Crippen molar-refractivity contribution in [2.75, 3.05) is 0 Å². The summed E-state index contributed by atoms with van der Waals surface area (Å²) in [5.74, 6) is -1.13. The molecule has 3 nitrogen and oxygen atoms in total. The molecule has 17 heavy (non-hydrogen) atoms. The molecule has 0 N–H and O–H groups in total. The van der Waals surface area contributed by atoms with Gasteiger partial charge in [-0.3, -0.25) is 0 Å². The van der Waals surface area contributed by atoms with E-state index in [1.165, 1.54) is 6.07 Å². The predicted octanol–water partition coefficient (Wildman–Crippen LogP) is 2.82. The van der Waals surface area contributed by atoms with Gasteiger partial charge in [0.1, 0.15) is 5.82 Å². The summed E-state index contributed by atoms with van der Waals surface area (Å²) in [6.45, 7) is 0. The Morgan fingerprint density at radius 2 is 2.00 bits per heavy atom. The Labute approximate surface area is 93.1 Å². The van der Waals surface area contributed by atoms with Crippen LogP contribution in [0.2, 0.25) is 0 Å². The molecule has 0 aliphatic heterocycles. The maximum Gasteiger partial charge on any atom is 0.419 e. The summed E-state index contributed by atoms with van der Waals surface area (Å²) in [5, 5.41) is 6.93. The normalized spacial score (nSPS) is 11.8. The summed E-state index contributed by atoms with van der Waals surface area (Å²) in [5.41, 5.74) is -1.04. The molecule has 0 fully saturated rings. The molecule has 0 amide bonds. The van der Waals surface area contributed by atoms with Gasteiger partial charge in [0.05, 0.1) is 12.0 Å². The fourth-order valence-corrected chi connectivity index (χ4v) is 1.35. The van der Waals surface area contributed by atoms with Crippen molar-refractivity contribution in [3.63, 3.8) is 0 Å². The summed E-state index contributed by atoms with van der Waals surface area (Å²) in [6, 6.07) is 2.75. The fraction of sp³-hybridized carbons (Fsp3) is 0.200. The van der Waals surface area contributed by atoms with Crippen LogP contribution in [0.4, 0.5) is 17.6 Å². The molecular formula is C10H6F4N2O. The Bertz CT molecular complexity index is 508. The van der Waals surface area contributed by atoms with Gasteiger partial charge < -0.3 is 4.42 Å². The van der Waals surface area contributed by atoms with Gasteiger partial charge in [0.15, 0.2) is 0 Å². The molecular weight excluding hydrogens is 240 g/mol.